The second-order valence-corrected chi connectivity index (χ2v) is 3.90. The smallest absolute Gasteiger partial charge is 0.161 e. The second-order valence-electron chi connectivity index (χ2n) is 3.90. The second kappa shape index (κ2) is 4.31. The van der Waals surface area contributed by atoms with Crippen molar-refractivity contribution in [2.45, 2.75) is 12.0 Å². The predicted octanol–water partition coefficient (Wildman–Crippen LogP) is 1.31. The molecule has 0 aromatic heterocycles. The molecule has 0 spiro atoms. The van der Waals surface area contributed by atoms with Crippen molar-refractivity contribution >= 4 is 0 Å². The first-order valence-corrected chi connectivity index (χ1v) is 5.22. The van der Waals surface area contributed by atoms with Gasteiger partial charge in [0.05, 0.1) is 20.8 Å². The molecule has 0 amide bonds. The zero-order valence-electron chi connectivity index (χ0n) is 9.53. The van der Waals surface area contributed by atoms with Gasteiger partial charge in [-0.3, -0.25) is 0 Å². The molecular weight excluding hydrogens is 208 g/mol. The van der Waals surface area contributed by atoms with Crippen molar-refractivity contribution in [1.29, 1.82) is 0 Å². The van der Waals surface area contributed by atoms with Crippen LogP contribution in [0.2, 0.25) is 0 Å². The van der Waals surface area contributed by atoms with E-state index in [9.17, 15) is 5.11 Å². The van der Waals surface area contributed by atoms with E-state index in [-0.39, 0.29) is 0 Å². The molecule has 1 aliphatic heterocycles. The van der Waals surface area contributed by atoms with Gasteiger partial charge in [-0.2, -0.15) is 0 Å². The van der Waals surface area contributed by atoms with E-state index in [0.29, 0.717) is 31.1 Å². The average Bonchev–Trinajstić information content (AvgIpc) is 2.76. The van der Waals surface area contributed by atoms with Gasteiger partial charge in [-0.15, -0.1) is 0 Å². The van der Waals surface area contributed by atoms with Crippen LogP contribution in [-0.4, -0.2) is 32.5 Å². The van der Waals surface area contributed by atoms with Gasteiger partial charge in [0, 0.05) is 13.0 Å². The first-order valence-electron chi connectivity index (χ1n) is 5.22. The molecule has 4 heteroatoms. The summed E-state index contributed by atoms with van der Waals surface area (Å²) in [5.74, 6) is 1.29. The van der Waals surface area contributed by atoms with E-state index in [2.05, 4.69) is 0 Å². The number of hydrogen-bond acceptors (Lipinski definition) is 4. The molecule has 1 aliphatic rings. The Morgan fingerprint density at radius 3 is 2.56 bits per heavy atom. The molecule has 2 rings (SSSR count). The molecule has 1 saturated heterocycles. The third-order valence-electron chi connectivity index (χ3n) is 2.92. The van der Waals surface area contributed by atoms with Gasteiger partial charge in [0.15, 0.2) is 11.5 Å². The average molecular weight is 224 g/mol. The minimum Gasteiger partial charge on any atom is -0.493 e. The fourth-order valence-electron chi connectivity index (χ4n) is 1.91. The van der Waals surface area contributed by atoms with Crippen molar-refractivity contribution in [3.8, 4) is 11.5 Å². The van der Waals surface area contributed by atoms with Gasteiger partial charge < -0.3 is 19.3 Å². The highest BCUT2D eigenvalue weighted by atomic mass is 16.5. The molecule has 1 fully saturated rings. The van der Waals surface area contributed by atoms with Crippen molar-refractivity contribution in [3.05, 3.63) is 23.8 Å². The summed E-state index contributed by atoms with van der Waals surface area (Å²) in [5.41, 5.74) is -0.0813. The first-order chi connectivity index (χ1) is 7.69. The topological polar surface area (TPSA) is 47.9 Å². The number of aliphatic hydroxyl groups is 1. The molecule has 16 heavy (non-hydrogen) atoms. The summed E-state index contributed by atoms with van der Waals surface area (Å²) < 4.78 is 15.6. The van der Waals surface area contributed by atoms with Crippen LogP contribution in [0.1, 0.15) is 12.0 Å². The number of benzene rings is 1. The molecule has 1 atom stereocenters. The molecule has 1 aromatic carbocycles. The minimum atomic E-state index is -0.889. The SMILES string of the molecule is COc1ccc(C2(O)CCOC2)cc1OC. The molecule has 1 N–H and O–H groups in total. The lowest BCUT2D eigenvalue weighted by Crippen LogP contribution is -2.25. The molecule has 1 unspecified atom stereocenters. The number of hydrogen-bond donors (Lipinski definition) is 1. The summed E-state index contributed by atoms with van der Waals surface area (Å²) in [6.07, 6.45) is 0.614. The van der Waals surface area contributed by atoms with Gasteiger partial charge in [-0.1, -0.05) is 6.07 Å². The van der Waals surface area contributed by atoms with E-state index in [0.717, 1.165) is 5.56 Å². The molecule has 1 aromatic rings. The Labute approximate surface area is 94.8 Å². The third-order valence-corrected chi connectivity index (χ3v) is 2.92. The summed E-state index contributed by atoms with van der Waals surface area (Å²) in [7, 11) is 3.17. The molecule has 0 aliphatic carbocycles. The molecule has 0 bridgehead atoms. The predicted molar refractivity (Wildman–Crippen MR) is 58.9 cm³/mol. The normalized spacial score (nSPS) is 24.4. The standard InChI is InChI=1S/C12H16O4/c1-14-10-4-3-9(7-11(10)15-2)12(13)5-6-16-8-12/h3-4,7,13H,5-6,8H2,1-2H3. The van der Waals surface area contributed by atoms with Crippen LogP contribution in [-0.2, 0) is 10.3 Å². The van der Waals surface area contributed by atoms with Gasteiger partial charge in [-0.25, -0.2) is 0 Å². The lowest BCUT2D eigenvalue weighted by Gasteiger charge is -2.22. The van der Waals surface area contributed by atoms with Crippen molar-refractivity contribution in [1.82, 2.24) is 0 Å². The van der Waals surface area contributed by atoms with Gasteiger partial charge in [0.1, 0.15) is 5.60 Å². The lowest BCUT2D eigenvalue weighted by atomic mass is 9.93. The van der Waals surface area contributed by atoms with Gasteiger partial charge in [-0.05, 0) is 17.7 Å². The Morgan fingerprint density at radius 2 is 2.00 bits per heavy atom. The largest absolute Gasteiger partial charge is 0.493 e. The minimum absolute atomic E-state index is 0.336. The van der Waals surface area contributed by atoms with Gasteiger partial charge >= 0.3 is 0 Å². The summed E-state index contributed by atoms with van der Waals surface area (Å²) in [6, 6.07) is 5.44. The zero-order valence-corrected chi connectivity index (χ0v) is 9.53. The van der Waals surface area contributed by atoms with E-state index in [1.165, 1.54) is 0 Å². The summed E-state index contributed by atoms with van der Waals surface area (Å²) in [4.78, 5) is 0. The Bertz CT molecular complexity index is 369. The van der Waals surface area contributed by atoms with Crippen LogP contribution in [0, 0.1) is 0 Å². The molecular formula is C12H16O4. The fraction of sp³-hybridized carbons (Fsp3) is 0.500. The van der Waals surface area contributed by atoms with E-state index in [4.69, 9.17) is 14.2 Å². The molecule has 1 heterocycles. The number of rotatable bonds is 3. The Hall–Kier alpha value is -1.26. The maximum atomic E-state index is 10.3. The molecule has 4 nitrogen and oxygen atoms in total. The van der Waals surface area contributed by atoms with Crippen LogP contribution >= 0.6 is 0 Å². The number of ether oxygens (including phenoxy) is 3. The molecule has 0 saturated carbocycles. The van der Waals surface area contributed by atoms with Crippen LogP contribution in [0.4, 0.5) is 0 Å². The van der Waals surface area contributed by atoms with Crippen LogP contribution in [0.25, 0.3) is 0 Å². The number of methoxy groups -OCH3 is 2. The van der Waals surface area contributed by atoms with Crippen molar-refractivity contribution < 1.29 is 19.3 Å². The van der Waals surface area contributed by atoms with E-state index in [1.807, 2.05) is 6.07 Å². The third kappa shape index (κ3) is 1.86. The Kier molecular flexibility index (Phi) is 3.03. The van der Waals surface area contributed by atoms with Crippen LogP contribution < -0.4 is 9.47 Å². The maximum Gasteiger partial charge on any atom is 0.161 e. The van der Waals surface area contributed by atoms with Crippen LogP contribution in [0.15, 0.2) is 18.2 Å². The van der Waals surface area contributed by atoms with Crippen molar-refractivity contribution in [2.24, 2.45) is 0 Å². The quantitative estimate of drug-likeness (QED) is 0.841. The first kappa shape index (κ1) is 11.2. The molecule has 0 radical (unpaired) electrons. The van der Waals surface area contributed by atoms with Gasteiger partial charge in [0.2, 0.25) is 0 Å². The van der Waals surface area contributed by atoms with Crippen LogP contribution in [0.5, 0.6) is 11.5 Å². The fourth-order valence-corrected chi connectivity index (χ4v) is 1.91. The Morgan fingerprint density at radius 1 is 1.25 bits per heavy atom. The summed E-state index contributed by atoms with van der Waals surface area (Å²) >= 11 is 0. The highest BCUT2D eigenvalue weighted by Gasteiger charge is 2.34. The molecule has 88 valence electrons. The summed E-state index contributed by atoms with van der Waals surface area (Å²) in [6.45, 7) is 0.924. The maximum absolute atomic E-state index is 10.3. The lowest BCUT2D eigenvalue weighted by molar-refractivity contribution is 0.0230. The van der Waals surface area contributed by atoms with E-state index >= 15 is 0 Å². The highest BCUT2D eigenvalue weighted by Crippen LogP contribution is 2.36. The highest BCUT2D eigenvalue weighted by molar-refractivity contribution is 5.44. The monoisotopic (exact) mass is 224 g/mol. The van der Waals surface area contributed by atoms with E-state index in [1.54, 1.807) is 26.4 Å². The van der Waals surface area contributed by atoms with Crippen LogP contribution in [0.3, 0.4) is 0 Å². The van der Waals surface area contributed by atoms with E-state index < -0.39 is 5.60 Å². The summed E-state index contributed by atoms with van der Waals surface area (Å²) in [5, 5.41) is 10.3. The van der Waals surface area contributed by atoms with Crippen molar-refractivity contribution in [3.63, 3.8) is 0 Å². The van der Waals surface area contributed by atoms with Gasteiger partial charge in [0.25, 0.3) is 0 Å². The zero-order chi connectivity index (χ0) is 11.6. The Balaban J connectivity index is 2.35. The van der Waals surface area contributed by atoms with Crippen molar-refractivity contribution in [2.75, 3.05) is 27.4 Å².